The molecule has 0 spiro atoms. The number of allylic oxidation sites excluding steroid dienone is 2. The number of fused-ring (bicyclic) bond motifs is 2. The molecule has 0 radical (unpaired) electrons. The number of carboxylic acids is 2. The maximum atomic E-state index is 11.0. The maximum absolute atomic E-state index is 11.0. The Hall–Kier alpha value is -0.740. The first-order valence-corrected chi connectivity index (χ1v) is 5.21. The highest BCUT2D eigenvalue weighted by Gasteiger charge is 2.57. The SMILES string of the molecule is O=C(O)C1C2CC(C(Cl)=C2Cl)C1C(=O)O. The molecule has 2 N–H and O–H groups in total. The minimum absolute atomic E-state index is 0.326. The lowest BCUT2D eigenvalue weighted by Gasteiger charge is -2.24. The van der Waals surface area contributed by atoms with Gasteiger partial charge in [0, 0.05) is 21.9 Å². The van der Waals surface area contributed by atoms with Crippen LogP contribution < -0.4 is 0 Å². The molecule has 0 heterocycles. The molecule has 2 aliphatic carbocycles. The molecule has 0 aliphatic heterocycles. The van der Waals surface area contributed by atoms with E-state index < -0.39 is 35.6 Å². The van der Waals surface area contributed by atoms with E-state index >= 15 is 0 Å². The Morgan fingerprint density at radius 3 is 1.60 bits per heavy atom. The molecule has 0 amide bonds. The van der Waals surface area contributed by atoms with Gasteiger partial charge >= 0.3 is 11.9 Å². The molecular weight excluding hydrogens is 243 g/mol. The van der Waals surface area contributed by atoms with Crippen molar-refractivity contribution >= 4 is 35.1 Å². The molecule has 4 atom stereocenters. The van der Waals surface area contributed by atoms with E-state index in [2.05, 4.69) is 0 Å². The largest absolute Gasteiger partial charge is 0.481 e. The van der Waals surface area contributed by atoms with Crippen LogP contribution in [0.1, 0.15) is 6.42 Å². The lowest BCUT2D eigenvalue weighted by Crippen LogP contribution is -2.34. The third-order valence-corrected chi connectivity index (χ3v) is 4.28. The van der Waals surface area contributed by atoms with Crippen molar-refractivity contribution in [3.8, 4) is 0 Å². The lowest BCUT2D eigenvalue weighted by molar-refractivity contribution is -0.154. The molecular formula is C9H8Cl2O4. The normalized spacial score (nSPS) is 38.5. The van der Waals surface area contributed by atoms with Gasteiger partial charge in [0.1, 0.15) is 0 Å². The van der Waals surface area contributed by atoms with Crippen LogP contribution in [0.4, 0.5) is 0 Å². The molecule has 6 heteroatoms. The van der Waals surface area contributed by atoms with E-state index in [1.165, 1.54) is 0 Å². The fourth-order valence-electron chi connectivity index (χ4n) is 2.60. The molecule has 2 aliphatic rings. The van der Waals surface area contributed by atoms with Gasteiger partial charge in [-0.05, 0) is 6.42 Å². The van der Waals surface area contributed by atoms with E-state index in [1.54, 1.807) is 0 Å². The molecule has 82 valence electrons. The second-order valence-electron chi connectivity index (χ2n) is 3.87. The Bertz CT molecular complexity index is 342. The second kappa shape index (κ2) is 3.39. The Morgan fingerprint density at radius 2 is 1.33 bits per heavy atom. The van der Waals surface area contributed by atoms with Crippen molar-refractivity contribution in [2.75, 3.05) is 0 Å². The van der Waals surface area contributed by atoms with Crippen molar-refractivity contribution < 1.29 is 19.8 Å². The zero-order valence-electron chi connectivity index (χ0n) is 7.48. The van der Waals surface area contributed by atoms with Gasteiger partial charge in [0.2, 0.25) is 0 Å². The van der Waals surface area contributed by atoms with Gasteiger partial charge in [-0.3, -0.25) is 9.59 Å². The van der Waals surface area contributed by atoms with Gasteiger partial charge in [-0.25, -0.2) is 0 Å². The van der Waals surface area contributed by atoms with Gasteiger partial charge in [0.25, 0.3) is 0 Å². The predicted molar refractivity (Wildman–Crippen MR) is 52.6 cm³/mol. The Morgan fingerprint density at radius 1 is 1.00 bits per heavy atom. The maximum Gasteiger partial charge on any atom is 0.308 e. The minimum atomic E-state index is -1.11. The van der Waals surface area contributed by atoms with Crippen molar-refractivity contribution in [2.24, 2.45) is 23.7 Å². The predicted octanol–water partition coefficient (Wildman–Crippen LogP) is 1.73. The number of carboxylic acid groups (broad SMARTS) is 2. The summed E-state index contributed by atoms with van der Waals surface area (Å²) in [5.74, 6) is -4.97. The van der Waals surface area contributed by atoms with Gasteiger partial charge < -0.3 is 10.2 Å². The lowest BCUT2D eigenvalue weighted by atomic mass is 9.83. The standard InChI is InChI=1S/C9H8Cl2O4/c10-6-2-1-3(7(6)11)5(9(14)15)4(2)8(12)13/h2-5H,1H2,(H,12,13)(H,14,15). The number of halogens is 2. The molecule has 2 rings (SSSR count). The highest BCUT2D eigenvalue weighted by molar-refractivity contribution is 6.40. The summed E-state index contributed by atoms with van der Waals surface area (Å²) in [5, 5.41) is 18.6. The first kappa shape index (κ1) is 10.8. The molecule has 4 nitrogen and oxygen atoms in total. The average Bonchev–Trinajstić information content (AvgIpc) is 2.64. The van der Waals surface area contributed by atoms with Crippen LogP contribution in [0.25, 0.3) is 0 Å². The monoisotopic (exact) mass is 250 g/mol. The van der Waals surface area contributed by atoms with Gasteiger partial charge in [-0.15, -0.1) is 0 Å². The van der Waals surface area contributed by atoms with Gasteiger partial charge in [0.15, 0.2) is 0 Å². The molecule has 0 saturated heterocycles. The van der Waals surface area contributed by atoms with Crippen LogP contribution in [0.5, 0.6) is 0 Å². The summed E-state index contributed by atoms with van der Waals surface area (Å²) in [5.41, 5.74) is 0. The van der Waals surface area contributed by atoms with Crippen LogP contribution in [-0.4, -0.2) is 22.2 Å². The number of hydrogen-bond donors (Lipinski definition) is 2. The summed E-state index contributed by atoms with van der Waals surface area (Å²) in [6.07, 6.45) is 0.436. The molecule has 0 aromatic rings. The summed E-state index contributed by atoms with van der Waals surface area (Å²) in [4.78, 5) is 21.9. The van der Waals surface area contributed by atoms with E-state index in [0.717, 1.165) is 0 Å². The van der Waals surface area contributed by atoms with Crippen molar-refractivity contribution in [3.63, 3.8) is 0 Å². The fraction of sp³-hybridized carbons (Fsp3) is 0.556. The molecule has 15 heavy (non-hydrogen) atoms. The van der Waals surface area contributed by atoms with E-state index in [0.29, 0.717) is 16.5 Å². The Kier molecular flexibility index (Phi) is 2.43. The summed E-state index contributed by atoms with van der Waals surface area (Å²) >= 11 is 11.7. The molecule has 0 aromatic heterocycles. The van der Waals surface area contributed by atoms with Crippen LogP contribution >= 0.6 is 23.2 Å². The number of rotatable bonds is 2. The first-order valence-electron chi connectivity index (χ1n) is 4.45. The van der Waals surface area contributed by atoms with E-state index in [4.69, 9.17) is 33.4 Å². The third kappa shape index (κ3) is 1.35. The number of carbonyl (C=O) groups is 2. The van der Waals surface area contributed by atoms with E-state index in [1.807, 2.05) is 0 Å². The molecule has 4 unspecified atom stereocenters. The number of hydrogen-bond acceptors (Lipinski definition) is 2. The Labute approximate surface area is 95.5 Å². The molecule has 1 saturated carbocycles. The van der Waals surface area contributed by atoms with Crippen molar-refractivity contribution in [3.05, 3.63) is 10.1 Å². The zero-order valence-corrected chi connectivity index (χ0v) is 9.00. The summed E-state index contributed by atoms with van der Waals surface area (Å²) in [6, 6.07) is 0. The summed E-state index contributed by atoms with van der Waals surface area (Å²) in [7, 11) is 0. The van der Waals surface area contributed by atoms with Crippen molar-refractivity contribution in [2.45, 2.75) is 6.42 Å². The van der Waals surface area contributed by atoms with Crippen molar-refractivity contribution in [1.82, 2.24) is 0 Å². The van der Waals surface area contributed by atoms with Gasteiger partial charge in [-0.2, -0.15) is 0 Å². The minimum Gasteiger partial charge on any atom is -0.481 e. The zero-order chi connectivity index (χ0) is 11.3. The Balaban J connectivity index is 2.42. The first-order chi connectivity index (χ1) is 6.95. The summed E-state index contributed by atoms with van der Waals surface area (Å²) in [6.45, 7) is 0. The van der Waals surface area contributed by atoms with Crippen molar-refractivity contribution in [1.29, 1.82) is 0 Å². The molecule has 0 aromatic carbocycles. The van der Waals surface area contributed by atoms with Crippen LogP contribution in [0.15, 0.2) is 10.1 Å². The fourth-order valence-corrected chi connectivity index (χ4v) is 3.33. The number of aliphatic carboxylic acids is 2. The molecule has 1 fully saturated rings. The molecule has 2 bridgehead atoms. The average molecular weight is 251 g/mol. The quantitative estimate of drug-likeness (QED) is 0.783. The van der Waals surface area contributed by atoms with Crippen LogP contribution in [0, 0.1) is 23.7 Å². The highest BCUT2D eigenvalue weighted by Crippen LogP contribution is 2.57. The highest BCUT2D eigenvalue weighted by atomic mass is 35.5. The van der Waals surface area contributed by atoms with Crippen LogP contribution in [0.2, 0.25) is 0 Å². The summed E-state index contributed by atoms with van der Waals surface area (Å²) < 4.78 is 0. The van der Waals surface area contributed by atoms with Crippen LogP contribution in [0.3, 0.4) is 0 Å². The van der Waals surface area contributed by atoms with Crippen LogP contribution in [-0.2, 0) is 9.59 Å². The topological polar surface area (TPSA) is 74.6 Å². The van der Waals surface area contributed by atoms with Gasteiger partial charge in [-0.1, -0.05) is 23.2 Å². The third-order valence-electron chi connectivity index (χ3n) is 3.21. The second-order valence-corrected chi connectivity index (χ2v) is 4.69. The van der Waals surface area contributed by atoms with Gasteiger partial charge in [0.05, 0.1) is 11.8 Å². The van der Waals surface area contributed by atoms with E-state index in [-0.39, 0.29) is 0 Å². The van der Waals surface area contributed by atoms with E-state index in [9.17, 15) is 9.59 Å². The smallest absolute Gasteiger partial charge is 0.308 e.